The SMILES string of the molecule is COc1ccccc1C(=O)OCC(=O)NCCc1ccccc1C. The molecular weight excluding hydrogens is 306 g/mol. The highest BCUT2D eigenvalue weighted by Crippen LogP contribution is 2.17. The summed E-state index contributed by atoms with van der Waals surface area (Å²) in [6, 6.07) is 14.7. The number of carbonyl (C=O) groups is 2. The number of hydrogen-bond donors (Lipinski definition) is 1. The van der Waals surface area contributed by atoms with Crippen LogP contribution in [0.25, 0.3) is 0 Å². The first-order chi connectivity index (χ1) is 11.6. The lowest BCUT2D eigenvalue weighted by Crippen LogP contribution is -2.30. The van der Waals surface area contributed by atoms with E-state index in [0.29, 0.717) is 17.9 Å². The third kappa shape index (κ3) is 4.84. The molecule has 0 radical (unpaired) electrons. The van der Waals surface area contributed by atoms with Crippen LogP contribution in [0.3, 0.4) is 0 Å². The van der Waals surface area contributed by atoms with Crippen LogP contribution in [0.15, 0.2) is 48.5 Å². The standard InChI is InChI=1S/C19H21NO4/c1-14-7-3-4-8-15(14)11-12-20-18(21)13-24-19(22)16-9-5-6-10-17(16)23-2/h3-10H,11-13H2,1-2H3,(H,20,21). The molecule has 2 aromatic carbocycles. The molecule has 5 heteroatoms. The number of ether oxygens (including phenoxy) is 2. The predicted octanol–water partition coefficient (Wildman–Crippen LogP) is 2.52. The Hall–Kier alpha value is -2.82. The Labute approximate surface area is 141 Å². The number of benzene rings is 2. The van der Waals surface area contributed by atoms with Gasteiger partial charge in [-0.2, -0.15) is 0 Å². The van der Waals surface area contributed by atoms with Gasteiger partial charge in [0.1, 0.15) is 11.3 Å². The lowest BCUT2D eigenvalue weighted by molar-refractivity contribution is -0.124. The van der Waals surface area contributed by atoms with Gasteiger partial charge in [-0.3, -0.25) is 4.79 Å². The number of nitrogens with one attached hydrogen (secondary N) is 1. The molecule has 0 spiro atoms. The fourth-order valence-electron chi connectivity index (χ4n) is 2.30. The van der Waals surface area contributed by atoms with Crippen molar-refractivity contribution >= 4 is 11.9 Å². The van der Waals surface area contributed by atoms with Crippen molar-refractivity contribution in [2.24, 2.45) is 0 Å². The molecular formula is C19H21NO4. The van der Waals surface area contributed by atoms with E-state index >= 15 is 0 Å². The van der Waals surface area contributed by atoms with Crippen molar-refractivity contribution in [1.82, 2.24) is 5.32 Å². The van der Waals surface area contributed by atoms with Gasteiger partial charge in [0.05, 0.1) is 7.11 Å². The Kier molecular flexibility index (Phi) is 6.37. The smallest absolute Gasteiger partial charge is 0.342 e. The molecule has 2 rings (SSSR count). The minimum absolute atomic E-state index is 0.299. The first-order valence-electron chi connectivity index (χ1n) is 7.73. The molecule has 0 aliphatic rings. The summed E-state index contributed by atoms with van der Waals surface area (Å²) < 4.78 is 10.1. The van der Waals surface area contributed by atoms with Gasteiger partial charge >= 0.3 is 5.97 Å². The second-order valence-electron chi connectivity index (χ2n) is 5.30. The summed E-state index contributed by atoms with van der Waals surface area (Å²) in [7, 11) is 1.48. The monoisotopic (exact) mass is 327 g/mol. The first kappa shape index (κ1) is 17.5. The number of methoxy groups -OCH3 is 1. The van der Waals surface area contributed by atoms with Crippen molar-refractivity contribution in [2.75, 3.05) is 20.3 Å². The highest BCUT2D eigenvalue weighted by molar-refractivity contribution is 5.93. The van der Waals surface area contributed by atoms with Crippen LogP contribution in [0.4, 0.5) is 0 Å². The van der Waals surface area contributed by atoms with Gasteiger partial charge in [-0.15, -0.1) is 0 Å². The molecule has 0 aliphatic heterocycles. The summed E-state index contributed by atoms with van der Waals surface area (Å²) in [5.74, 6) is -0.490. The van der Waals surface area contributed by atoms with E-state index in [9.17, 15) is 9.59 Å². The normalized spacial score (nSPS) is 10.1. The number of carbonyl (C=O) groups excluding carboxylic acids is 2. The first-order valence-corrected chi connectivity index (χ1v) is 7.73. The molecule has 0 bridgehead atoms. The Bertz CT molecular complexity index is 712. The van der Waals surface area contributed by atoms with Crippen LogP contribution in [-0.2, 0) is 16.0 Å². The third-order valence-electron chi connectivity index (χ3n) is 3.64. The molecule has 1 N–H and O–H groups in total. The lowest BCUT2D eigenvalue weighted by Gasteiger charge is -2.09. The number of esters is 1. The second-order valence-corrected chi connectivity index (χ2v) is 5.30. The minimum atomic E-state index is -0.582. The Morgan fingerprint density at radius 1 is 1.04 bits per heavy atom. The van der Waals surface area contributed by atoms with Crippen molar-refractivity contribution in [3.63, 3.8) is 0 Å². The number of amides is 1. The van der Waals surface area contributed by atoms with Crippen molar-refractivity contribution in [2.45, 2.75) is 13.3 Å². The Morgan fingerprint density at radius 2 is 1.75 bits per heavy atom. The molecule has 5 nitrogen and oxygen atoms in total. The van der Waals surface area contributed by atoms with Crippen molar-refractivity contribution in [3.05, 3.63) is 65.2 Å². The van der Waals surface area contributed by atoms with Gasteiger partial charge in [0.2, 0.25) is 0 Å². The number of para-hydroxylation sites is 1. The predicted molar refractivity (Wildman–Crippen MR) is 91.2 cm³/mol. The molecule has 0 saturated carbocycles. The maximum Gasteiger partial charge on any atom is 0.342 e. The van der Waals surface area contributed by atoms with Crippen LogP contribution in [0.2, 0.25) is 0 Å². The van der Waals surface area contributed by atoms with E-state index in [1.807, 2.05) is 31.2 Å². The largest absolute Gasteiger partial charge is 0.496 e. The third-order valence-corrected chi connectivity index (χ3v) is 3.64. The average molecular weight is 327 g/mol. The zero-order chi connectivity index (χ0) is 17.4. The van der Waals surface area contributed by atoms with Crippen LogP contribution >= 0.6 is 0 Å². The Morgan fingerprint density at radius 3 is 2.50 bits per heavy atom. The molecule has 0 fully saturated rings. The molecule has 2 aromatic rings. The topological polar surface area (TPSA) is 64.6 Å². The molecule has 0 heterocycles. The van der Waals surface area contributed by atoms with Gasteiger partial charge in [0.15, 0.2) is 6.61 Å². The Balaban J connectivity index is 1.77. The molecule has 24 heavy (non-hydrogen) atoms. The summed E-state index contributed by atoms with van der Waals surface area (Å²) in [5, 5.41) is 2.75. The van der Waals surface area contributed by atoms with Gasteiger partial charge in [-0.05, 0) is 36.6 Å². The number of hydrogen-bond acceptors (Lipinski definition) is 4. The van der Waals surface area contributed by atoms with E-state index in [1.165, 1.54) is 18.2 Å². The minimum Gasteiger partial charge on any atom is -0.496 e. The highest BCUT2D eigenvalue weighted by Gasteiger charge is 2.14. The van der Waals surface area contributed by atoms with Crippen LogP contribution in [0.1, 0.15) is 21.5 Å². The van der Waals surface area contributed by atoms with E-state index in [2.05, 4.69) is 5.32 Å². The fraction of sp³-hybridized carbons (Fsp3) is 0.263. The van der Waals surface area contributed by atoms with Gasteiger partial charge in [0.25, 0.3) is 5.91 Å². The van der Waals surface area contributed by atoms with E-state index in [-0.39, 0.29) is 12.5 Å². The number of rotatable bonds is 7. The van der Waals surface area contributed by atoms with E-state index < -0.39 is 5.97 Å². The summed E-state index contributed by atoms with van der Waals surface area (Å²) in [5.41, 5.74) is 2.67. The fourth-order valence-corrected chi connectivity index (χ4v) is 2.30. The van der Waals surface area contributed by atoms with Gasteiger partial charge in [0, 0.05) is 6.54 Å². The second kappa shape index (κ2) is 8.72. The summed E-state index contributed by atoms with van der Waals surface area (Å²) in [6.07, 6.45) is 0.735. The molecule has 0 unspecified atom stereocenters. The maximum absolute atomic E-state index is 12.0. The summed E-state index contributed by atoms with van der Waals surface area (Å²) in [6.45, 7) is 2.22. The van der Waals surface area contributed by atoms with Crippen molar-refractivity contribution < 1.29 is 19.1 Å². The molecule has 0 saturated heterocycles. The van der Waals surface area contributed by atoms with Gasteiger partial charge in [-0.25, -0.2) is 4.79 Å². The van der Waals surface area contributed by atoms with Gasteiger partial charge in [-0.1, -0.05) is 36.4 Å². The molecule has 1 amide bonds. The molecule has 0 aliphatic carbocycles. The van der Waals surface area contributed by atoms with Gasteiger partial charge < -0.3 is 14.8 Å². The molecule has 0 aromatic heterocycles. The summed E-state index contributed by atoms with van der Waals surface area (Å²) in [4.78, 5) is 23.8. The van der Waals surface area contributed by atoms with Crippen LogP contribution in [0, 0.1) is 6.92 Å². The number of aryl methyl sites for hydroxylation is 1. The van der Waals surface area contributed by atoms with Crippen LogP contribution in [0.5, 0.6) is 5.75 Å². The zero-order valence-corrected chi connectivity index (χ0v) is 13.9. The van der Waals surface area contributed by atoms with Crippen molar-refractivity contribution in [3.8, 4) is 5.75 Å². The van der Waals surface area contributed by atoms with E-state index in [0.717, 1.165) is 6.42 Å². The van der Waals surface area contributed by atoms with E-state index in [1.54, 1.807) is 24.3 Å². The lowest BCUT2D eigenvalue weighted by atomic mass is 10.1. The molecule has 126 valence electrons. The quantitative estimate of drug-likeness (QED) is 0.794. The van der Waals surface area contributed by atoms with E-state index in [4.69, 9.17) is 9.47 Å². The average Bonchev–Trinajstić information content (AvgIpc) is 2.61. The molecule has 0 atom stereocenters. The summed E-state index contributed by atoms with van der Waals surface area (Å²) >= 11 is 0. The van der Waals surface area contributed by atoms with Crippen LogP contribution in [-0.4, -0.2) is 32.1 Å². The maximum atomic E-state index is 12.0. The zero-order valence-electron chi connectivity index (χ0n) is 13.9. The van der Waals surface area contributed by atoms with Crippen LogP contribution < -0.4 is 10.1 Å². The highest BCUT2D eigenvalue weighted by atomic mass is 16.5. The van der Waals surface area contributed by atoms with Crippen molar-refractivity contribution in [1.29, 1.82) is 0 Å².